The number of thioether (sulfide) groups is 1. The molecule has 4 nitrogen and oxygen atoms in total. The Bertz CT molecular complexity index is 1050. The highest BCUT2D eigenvalue weighted by molar-refractivity contribution is 7.98. The quantitative estimate of drug-likeness (QED) is 0.280. The van der Waals surface area contributed by atoms with Gasteiger partial charge in [-0.25, -0.2) is 13.8 Å². The molecule has 0 N–H and O–H groups in total. The molecule has 0 saturated heterocycles. The number of nitrogens with zero attached hydrogens (tertiary/aromatic N) is 4. The predicted molar refractivity (Wildman–Crippen MR) is 123 cm³/mol. The molecule has 1 aromatic carbocycles. The number of rotatable bonds is 5. The van der Waals surface area contributed by atoms with E-state index in [2.05, 4.69) is 27.3 Å². The van der Waals surface area contributed by atoms with Crippen LogP contribution in [0.15, 0.2) is 53.7 Å². The van der Waals surface area contributed by atoms with E-state index in [1.165, 1.54) is 5.56 Å². The summed E-state index contributed by atoms with van der Waals surface area (Å²) in [5.41, 5.74) is 2.35. The van der Waals surface area contributed by atoms with Gasteiger partial charge in [-0.2, -0.15) is 0 Å². The molecule has 0 radical (unpaired) electrons. The number of pyridine rings is 1. The van der Waals surface area contributed by atoms with Gasteiger partial charge in [-0.3, -0.25) is 4.40 Å². The number of alkyl halides is 2. The smallest absolute Gasteiger partial charge is 0.291 e. The molecule has 3 heterocycles. The topological polar surface area (TPSA) is 43.1 Å². The Balaban J connectivity index is 0.000000757. The van der Waals surface area contributed by atoms with Gasteiger partial charge in [0.1, 0.15) is 5.69 Å². The zero-order valence-corrected chi connectivity index (χ0v) is 19.5. The van der Waals surface area contributed by atoms with Crippen molar-refractivity contribution in [2.24, 2.45) is 0 Å². The number of aromatic nitrogens is 4. The van der Waals surface area contributed by atoms with Crippen molar-refractivity contribution < 1.29 is 8.78 Å². The lowest BCUT2D eigenvalue weighted by Crippen LogP contribution is -1.91. The molecule has 30 heavy (non-hydrogen) atoms. The highest BCUT2D eigenvalue weighted by Gasteiger charge is 2.18. The Morgan fingerprint density at radius 1 is 1.10 bits per heavy atom. The lowest BCUT2D eigenvalue weighted by molar-refractivity contribution is 0.150. The second kappa shape index (κ2) is 12.0. The summed E-state index contributed by atoms with van der Waals surface area (Å²) < 4.78 is 27.3. The van der Waals surface area contributed by atoms with Crippen LogP contribution in [0.1, 0.15) is 44.7 Å². The van der Waals surface area contributed by atoms with Gasteiger partial charge in [0.25, 0.3) is 6.43 Å². The molecule has 0 unspecified atom stereocenters. The third-order valence-corrected chi connectivity index (χ3v) is 5.90. The first-order chi connectivity index (χ1) is 14.6. The van der Waals surface area contributed by atoms with Gasteiger partial charge in [0.15, 0.2) is 15.7 Å². The zero-order chi connectivity index (χ0) is 22.1. The molecule has 0 aliphatic rings. The maximum absolute atomic E-state index is 12.8. The number of benzene rings is 1. The predicted octanol–water partition coefficient (Wildman–Crippen LogP) is 7.79. The molecule has 0 spiro atoms. The van der Waals surface area contributed by atoms with Crippen LogP contribution in [-0.4, -0.2) is 19.6 Å². The molecule has 3 aromatic heterocycles. The van der Waals surface area contributed by atoms with Crippen molar-refractivity contribution in [3.8, 4) is 10.7 Å². The van der Waals surface area contributed by atoms with Gasteiger partial charge in [-0.05, 0) is 11.6 Å². The molecular formula is C21H23ClF2N4S2. The van der Waals surface area contributed by atoms with Gasteiger partial charge >= 0.3 is 0 Å². The number of imidazole rings is 1. The van der Waals surface area contributed by atoms with Gasteiger partial charge < -0.3 is 0 Å². The van der Waals surface area contributed by atoms with Gasteiger partial charge in [0, 0.05) is 16.8 Å². The van der Waals surface area contributed by atoms with Gasteiger partial charge in [0.2, 0.25) is 0 Å². The van der Waals surface area contributed by atoms with E-state index < -0.39 is 6.43 Å². The van der Waals surface area contributed by atoms with Crippen LogP contribution >= 0.6 is 34.7 Å². The number of hydrogen-bond donors (Lipinski definition) is 0. The maximum atomic E-state index is 12.8. The fraction of sp³-hybridized carbons (Fsp3) is 0.286. The molecule has 0 amide bonds. The Morgan fingerprint density at radius 3 is 2.43 bits per heavy atom. The minimum absolute atomic E-state index is 0.310. The molecule has 160 valence electrons. The summed E-state index contributed by atoms with van der Waals surface area (Å²) in [6, 6.07) is 11.9. The summed E-state index contributed by atoms with van der Waals surface area (Å²) in [4.78, 5) is 5.23. The number of hydrogen-bond acceptors (Lipinski definition) is 5. The van der Waals surface area contributed by atoms with Crippen molar-refractivity contribution in [2.75, 3.05) is 0 Å². The van der Waals surface area contributed by atoms with E-state index in [-0.39, 0.29) is 5.01 Å². The summed E-state index contributed by atoms with van der Waals surface area (Å²) in [5.74, 6) is 0.793. The van der Waals surface area contributed by atoms with E-state index in [0.717, 1.165) is 22.0 Å². The number of halogens is 3. The summed E-state index contributed by atoms with van der Waals surface area (Å²) in [6.45, 7) is 8.00. The van der Waals surface area contributed by atoms with E-state index in [0.29, 0.717) is 21.4 Å². The van der Waals surface area contributed by atoms with E-state index in [4.69, 9.17) is 11.6 Å². The molecule has 0 bridgehead atoms. The van der Waals surface area contributed by atoms with E-state index in [9.17, 15) is 8.78 Å². The fourth-order valence-corrected chi connectivity index (χ4v) is 4.36. The molecule has 0 aliphatic heterocycles. The first-order valence-electron chi connectivity index (χ1n) is 9.57. The monoisotopic (exact) mass is 468 g/mol. The second-order valence-corrected chi connectivity index (χ2v) is 7.85. The molecule has 9 heteroatoms. The van der Waals surface area contributed by atoms with E-state index in [1.807, 2.05) is 58.2 Å². The van der Waals surface area contributed by atoms with Crippen LogP contribution in [0, 0.1) is 0 Å². The highest BCUT2D eigenvalue weighted by Crippen LogP contribution is 2.33. The summed E-state index contributed by atoms with van der Waals surface area (Å²) >= 11 is 8.84. The van der Waals surface area contributed by atoms with Crippen molar-refractivity contribution in [1.82, 2.24) is 19.6 Å². The van der Waals surface area contributed by atoms with Crippen LogP contribution in [0.5, 0.6) is 0 Å². The van der Waals surface area contributed by atoms with Gasteiger partial charge in [0.05, 0.1) is 11.2 Å². The first kappa shape index (κ1) is 24.2. The third-order valence-electron chi connectivity index (χ3n) is 3.63. The Labute approximate surface area is 188 Å². The van der Waals surface area contributed by atoms with Crippen LogP contribution in [0.2, 0.25) is 5.02 Å². The van der Waals surface area contributed by atoms with Crippen LogP contribution in [0.25, 0.3) is 16.3 Å². The lowest BCUT2D eigenvalue weighted by atomic mass is 10.2. The summed E-state index contributed by atoms with van der Waals surface area (Å²) in [5, 5.41) is 7.97. The zero-order valence-electron chi connectivity index (χ0n) is 17.1. The Morgan fingerprint density at radius 2 is 1.80 bits per heavy atom. The van der Waals surface area contributed by atoms with Crippen LogP contribution in [0.3, 0.4) is 0 Å². The second-order valence-electron chi connectivity index (χ2n) is 5.38. The maximum Gasteiger partial charge on any atom is 0.291 e. The summed E-state index contributed by atoms with van der Waals surface area (Å²) in [6.07, 6.45) is 0.824. The van der Waals surface area contributed by atoms with Crippen molar-refractivity contribution in [1.29, 1.82) is 0 Å². The molecule has 0 aliphatic carbocycles. The summed E-state index contributed by atoms with van der Waals surface area (Å²) in [7, 11) is 0. The van der Waals surface area contributed by atoms with Gasteiger partial charge in [-0.15, -0.1) is 22.0 Å². The minimum atomic E-state index is -2.64. The van der Waals surface area contributed by atoms with Crippen LogP contribution < -0.4 is 0 Å². The van der Waals surface area contributed by atoms with Crippen LogP contribution in [0.4, 0.5) is 8.78 Å². The first-order valence-corrected chi connectivity index (χ1v) is 11.7. The number of fused-ring (bicyclic) bond motifs is 1. The molecule has 4 rings (SSSR count). The van der Waals surface area contributed by atoms with E-state index >= 15 is 0 Å². The molecule has 4 aromatic rings. The average molecular weight is 469 g/mol. The van der Waals surface area contributed by atoms with Crippen molar-refractivity contribution in [2.45, 2.75) is 44.8 Å². The molecule has 0 atom stereocenters. The van der Waals surface area contributed by atoms with Gasteiger partial charge in [-0.1, -0.05) is 81.0 Å². The lowest BCUT2D eigenvalue weighted by Gasteiger charge is -2.06. The standard InChI is InChI=1S/C17H11ClF2N4S2.2C2H6/c18-12-6-11(25-9-10-4-2-1-3-5-10)8-24-13(7-21-15(12)24)16-22-23-17(26-16)14(19)20;2*1-2/h1-8,14H,9H2;2*1-2H3. The van der Waals surface area contributed by atoms with Crippen molar-refractivity contribution in [3.05, 3.63) is 64.4 Å². The van der Waals surface area contributed by atoms with E-state index in [1.54, 1.807) is 22.4 Å². The molecular weight excluding hydrogens is 446 g/mol. The highest BCUT2D eigenvalue weighted by atomic mass is 35.5. The molecule has 0 saturated carbocycles. The normalized spacial score (nSPS) is 10.4. The third kappa shape index (κ3) is 5.77. The fourth-order valence-electron chi connectivity index (χ4n) is 2.43. The average Bonchev–Trinajstić information content (AvgIpc) is 3.43. The Hall–Kier alpha value is -2.03. The largest absolute Gasteiger partial charge is 0.295 e. The SMILES string of the molecule is CC.CC.FC(F)c1nnc(-c2cnc3c(Cl)cc(SCc4ccccc4)cn23)s1. The van der Waals surface area contributed by atoms with Crippen molar-refractivity contribution >= 4 is 40.3 Å². The van der Waals surface area contributed by atoms with Crippen molar-refractivity contribution in [3.63, 3.8) is 0 Å². The Kier molecular flexibility index (Phi) is 9.68. The molecule has 0 fully saturated rings. The van der Waals surface area contributed by atoms with Crippen LogP contribution in [-0.2, 0) is 5.75 Å². The minimum Gasteiger partial charge on any atom is -0.295 e.